The van der Waals surface area contributed by atoms with Crippen molar-refractivity contribution in [3.8, 4) is 11.1 Å². The van der Waals surface area contributed by atoms with Crippen LogP contribution >= 0.6 is 0 Å². The molecule has 5 nitrogen and oxygen atoms in total. The summed E-state index contributed by atoms with van der Waals surface area (Å²) in [7, 11) is 0. The minimum atomic E-state index is -0.616. The van der Waals surface area contributed by atoms with E-state index in [1.165, 1.54) is 6.07 Å². The van der Waals surface area contributed by atoms with Gasteiger partial charge < -0.3 is 10.1 Å². The Morgan fingerprint density at radius 2 is 1.73 bits per heavy atom. The zero-order valence-corrected chi connectivity index (χ0v) is 14.9. The zero-order chi connectivity index (χ0) is 18.7. The summed E-state index contributed by atoms with van der Waals surface area (Å²) in [4.78, 5) is 36.5. The van der Waals surface area contributed by atoms with Crippen LogP contribution in [0.25, 0.3) is 11.1 Å². The molecule has 2 aromatic rings. The number of hydrogen-bond donors (Lipinski definition) is 1. The smallest absolute Gasteiger partial charge is 0.338 e. The minimum Gasteiger partial charge on any atom is -0.452 e. The highest BCUT2D eigenvalue weighted by molar-refractivity contribution is 6.22. The second-order valence-electron chi connectivity index (χ2n) is 6.47. The first-order valence-corrected chi connectivity index (χ1v) is 8.76. The molecule has 0 fully saturated rings. The van der Waals surface area contributed by atoms with E-state index in [1.54, 1.807) is 18.2 Å². The average Bonchev–Trinajstić information content (AvgIpc) is 2.92. The van der Waals surface area contributed by atoms with Gasteiger partial charge in [-0.2, -0.15) is 0 Å². The average molecular weight is 351 g/mol. The maximum absolute atomic E-state index is 12.5. The molecule has 1 aliphatic rings. The highest BCUT2D eigenvalue weighted by Gasteiger charge is 2.27. The van der Waals surface area contributed by atoms with Gasteiger partial charge in [0.2, 0.25) is 0 Å². The molecule has 0 radical (unpaired) electrons. The summed E-state index contributed by atoms with van der Waals surface area (Å²) >= 11 is 0. The van der Waals surface area contributed by atoms with Crippen molar-refractivity contribution in [1.82, 2.24) is 5.32 Å². The minimum absolute atomic E-state index is 0.0438. The normalized spacial score (nSPS) is 12.9. The van der Waals surface area contributed by atoms with Crippen LogP contribution in [-0.4, -0.2) is 30.3 Å². The van der Waals surface area contributed by atoms with Crippen LogP contribution in [0.1, 0.15) is 53.0 Å². The van der Waals surface area contributed by atoms with Gasteiger partial charge >= 0.3 is 5.97 Å². The van der Waals surface area contributed by atoms with Crippen LogP contribution < -0.4 is 5.32 Å². The van der Waals surface area contributed by atoms with E-state index in [4.69, 9.17) is 4.74 Å². The third-order valence-electron chi connectivity index (χ3n) is 4.43. The van der Waals surface area contributed by atoms with Gasteiger partial charge in [-0.15, -0.1) is 0 Å². The molecule has 3 rings (SSSR count). The Labute approximate surface area is 152 Å². The summed E-state index contributed by atoms with van der Waals surface area (Å²) in [5.41, 5.74) is 3.07. The Hall–Kier alpha value is -2.95. The molecule has 1 atom stereocenters. The van der Waals surface area contributed by atoms with Gasteiger partial charge in [0.25, 0.3) is 5.91 Å². The molecule has 5 heteroatoms. The van der Waals surface area contributed by atoms with E-state index < -0.39 is 5.97 Å². The van der Waals surface area contributed by atoms with Crippen molar-refractivity contribution >= 4 is 17.7 Å². The Kier molecular flexibility index (Phi) is 5.16. The first-order chi connectivity index (χ1) is 12.5. The van der Waals surface area contributed by atoms with E-state index in [0.29, 0.717) is 11.1 Å². The number of carbonyl (C=O) groups excluding carboxylic acids is 3. The SMILES string of the molecule is CCCC(C)NC(=O)COC(=O)c1ccc2c(c1)C(=O)c1ccccc1-2. The van der Waals surface area contributed by atoms with Gasteiger partial charge in [-0.25, -0.2) is 4.79 Å². The lowest BCUT2D eigenvalue weighted by atomic mass is 10.0. The molecule has 1 aliphatic carbocycles. The Morgan fingerprint density at radius 1 is 1.04 bits per heavy atom. The number of amides is 1. The summed E-state index contributed by atoms with van der Waals surface area (Å²) < 4.78 is 5.08. The van der Waals surface area contributed by atoms with Crippen LogP contribution in [0, 0.1) is 0 Å². The number of rotatable bonds is 6. The van der Waals surface area contributed by atoms with Gasteiger partial charge in [0, 0.05) is 17.2 Å². The standard InChI is InChI=1S/C21H21NO4/c1-3-6-13(2)22-19(23)12-26-21(25)14-9-10-16-15-7-4-5-8-17(15)20(24)18(16)11-14/h4-5,7-11,13H,3,6,12H2,1-2H3,(H,22,23). The maximum Gasteiger partial charge on any atom is 0.338 e. The second-order valence-corrected chi connectivity index (χ2v) is 6.47. The molecule has 0 bridgehead atoms. The van der Waals surface area contributed by atoms with Gasteiger partial charge in [0.05, 0.1) is 5.56 Å². The van der Waals surface area contributed by atoms with E-state index >= 15 is 0 Å². The zero-order valence-electron chi connectivity index (χ0n) is 14.9. The largest absolute Gasteiger partial charge is 0.452 e. The van der Waals surface area contributed by atoms with Crippen LogP contribution in [0.5, 0.6) is 0 Å². The van der Waals surface area contributed by atoms with E-state index in [0.717, 1.165) is 24.0 Å². The van der Waals surface area contributed by atoms with Crippen molar-refractivity contribution < 1.29 is 19.1 Å². The van der Waals surface area contributed by atoms with Crippen molar-refractivity contribution in [2.45, 2.75) is 32.7 Å². The molecule has 0 saturated heterocycles. The van der Waals surface area contributed by atoms with Gasteiger partial charge in [-0.3, -0.25) is 9.59 Å². The molecule has 134 valence electrons. The summed E-state index contributed by atoms with van der Waals surface area (Å²) in [5.74, 6) is -1.05. The number of ketones is 1. The number of nitrogens with one attached hydrogen (secondary N) is 1. The maximum atomic E-state index is 12.5. The highest BCUT2D eigenvalue weighted by Crippen LogP contribution is 2.36. The summed E-state index contributed by atoms with van der Waals surface area (Å²) in [6.07, 6.45) is 1.83. The van der Waals surface area contributed by atoms with Crippen LogP contribution in [-0.2, 0) is 9.53 Å². The fourth-order valence-electron chi connectivity index (χ4n) is 3.19. The summed E-state index contributed by atoms with van der Waals surface area (Å²) in [6, 6.07) is 12.3. The predicted octanol–water partition coefficient (Wildman–Crippen LogP) is 3.36. The fourth-order valence-corrected chi connectivity index (χ4v) is 3.19. The number of esters is 1. The first-order valence-electron chi connectivity index (χ1n) is 8.76. The molecule has 2 aromatic carbocycles. The van der Waals surface area contributed by atoms with Crippen LogP contribution in [0.4, 0.5) is 0 Å². The van der Waals surface area contributed by atoms with Gasteiger partial charge in [-0.1, -0.05) is 43.7 Å². The molecular formula is C21H21NO4. The van der Waals surface area contributed by atoms with Crippen molar-refractivity contribution in [1.29, 1.82) is 0 Å². The fraction of sp³-hybridized carbons (Fsp3) is 0.286. The summed E-state index contributed by atoms with van der Waals surface area (Å²) in [5, 5.41) is 2.78. The topological polar surface area (TPSA) is 72.5 Å². The molecular weight excluding hydrogens is 330 g/mol. The lowest BCUT2D eigenvalue weighted by Crippen LogP contribution is -2.35. The first kappa shape index (κ1) is 17.9. The van der Waals surface area contributed by atoms with Crippen LogP contribution in [0.3, 0.4) is 0 Å². The van der Waals surface area contributed by atoms with Gasteiger partial charge in [0.15, 0.2) is 12.4 Å². The molecule has 0 saturated carbocycles. The van der Waals surface area contributed by atoms with Crippen molar-refractivity contribution in [3.05, 3.63) is 59.2 Å². The Morgan fingerprint density at radius 3 is 2.46 bits per heavy atom. The second kappa shape index (κ2) is 7.52. The number of carbonyl (C=O) groups is 3. The molecule has 0 aliphatic heterocycles. The number of fused-ring (bicyclic) bond motifs is 3. The van der Waals surface area contributed by atoms with E-state index in [9.17, 15) is 14.4 Å². The molecule has 0 heterocycles. The Balaban J connectivity index is 1.67. The van der Waals surface area contributed by atoms with Gasteiger partial charge in [-0.05, 0) is 36.6 Å². The molecule has 1 N–H and O–H groups in total. The van der Waals surface area contributed by atoms with Crippen LogP contribution in [0.2, 0.25) is 0 Å². The molecule has 0 spiro atoms. The lowest BCUT2D eigenvalue weighted by molar-refractivity contribution is -0.124. The quantitative estimate of drug-likeness (QED) is 0.691. The third-order valence-corrected chi connectivity index (χ3v) is 4.43. The van der Waals surface area contributed by atoms with Crippen molar-refractivity contribution in [2.24, 2.45) is 0 Å². The predicted molar refractivity (Wildman–Crippen MR) is 98.1 cm³/mol. The van der Waals surface area contributed by atoms with E-state index in [-0.39, 0.29) is 29.9 Å². The monoisotopic (exact) mass is 351 g/mol. The molecule has 26 heavy (non-hydrogen) atoms. The number of benzene rings is 2. The lowest BCUT2D eigenvalue weighted by Gasteiger charge is -2.12. The van der Waals surface area contributed by atoms with Crippen LogP contribution in [0.15, 0.2) is 42.5 Å². The highest BCUT2D eigenvalue weighted by atomic mass is 16.5. The van der Waals surface area contributed by atoms with E-state index in [1.807, 2.05) is 32.0 Å². The molecule has 1 amide bonds. The van der Waals surface area contributed by atoms with Crippen molar-refractivity contribution in [2.75, 3.05) is 6.61 Å². The molecule has 0 aromatic heterocycles. The summed E-state index contributed by atoms with van der Waals surface area (Å²) in [6.45, 7) is 3.61. The van der Waals surface area contributed by atoms with E-state index in [2.05, 4.69) is 5.32 Å². The van der Waals surface area contributed by atoms with Gasteiger partial charge in [0.1, 0.15) is 0 Å². The Bertz CT molecular complexity index is 872. The van der Waals surface area contributed by atoms with Crippen molar-refractivity contribution in [3.63, 3.8) is 0 Å². The number of ether oxygens (including phenoxy) is 1. The number of hydrogen-bond acceptors (Lipinski definition) is 4. The third kappa shape index (κ3) is 3.52. The molecule has 1 unspecified atom stereocenters.